The summed E-state index contributed by atoms with van der Waals surface area (Å²) in [7, 11) is 0. The third kappa shape index (κ3) is 9.13. The third-order valence-corrected chi connectivity index (χ3v) is 9.08. The first-order chi connectivity index (χ1) is 27.3. The zero-order valence-electron chi connectivity index (χ0n) is 31.2. The van der Waals surface area contributed by atoms with Crippen molar-refractivity contribution in [1.29, 1.82) is 0 Å². The molecule has 10 nitrogen and oxygen atoms in total. The van der Waals surface area contributed by atoms with Crippen molar-refractivity contribution in [1.82, 2.24) is 19.6 Å². The van der Waals surface area contributed by atoms with Gasteiger partial charge in [-0.25, -0.2) is 9.36 Å². The minimum absolute atomic E-state index is 0. The quantitative estimate of drug-likeness (QED) is 0.113. The Hall–Kier alpha value is -6.95. The number of hydrogen-bond donors (Lipinski definition) is 4. The molecule has 0 saturated heterocycles. The van der Waals surface area contributed by atoms with E-state index in [1.165, 1.54) is 15.6 Å². The normalized spacial score (nSPS) is 12.3. The van der Waals surface area contributed by atoms with Gasteiger partial charge in [0.05, 0.1) is 22.5 Å². The molecular weight excluding hydrogens is 759 g/mol. The predicted molar refractivity (Wildman–Crippen MR) is 222 cm³/mol. The number of aryl methyl sites for hydroxylation is 2. The van der Waals surface area contributed by atoms with Crippen molar-refractivity contribution in [2.75, 3.05) is 0 Å². The van der Waals surface area contributed by atoms with Crippen LogP contribution in [0.4, 0.5) is 11.4 Å². The first-order valence-corrected chi connectivity index (χ1v) is 18.1. The summed E-state index contributed by atoms with van der Waals surface area (Å²) in [5.41, 5.74) is 8.79. The summed E-state index contributed by atoms with van der Waals surface area (Å²) < 4.78 is 3.04. The van der Waals surface area contributed by atoms with Crippen LogP contribution in [0.3, 0.4) is 0 Å². The molecule has 1 aliphatic carbocycles. The number of aliphatic imine (C=N–C) groups is 2. The van der Waals surface area contributed by atoms with E-state index in [0.29, 0.717) is 33.9 Å². The monoisotopic (exact) mass is 799 g/mol. The molecule has 287 valence electrons. The van der Waals surface area contributed by atoms with E-state index in [2.05, 4.69) is 21.2 Å². The van der Waals surface area contributed by atoms with Gasteiger partial charge in [-0.3, -0.25) is 9.98 Å². The van der Waals surface area contributed by atoms with Crippen molar-refractivity contribution in [2.24, 2.45) is 9.98 Å². The molecule has 1 aliphatic rings. The number of phenolic OH excluding ortho intramolecular Hbond substituents is 2. The predicted octanol–water partition coefficient (Wildman–Crippen LogP) is 10.1. The number of hydrogen-bond acceptors (Lipinski definition) is 8. The van der Waals surface area contributed by atoms with E-state index in [-0.39, 0.29) is 40.0 Å². The van der Waals surface area contributed by atoms with E-state index in [0.717, 1.165) is 46.5 Å². The Bertz CT molecular complexity index is 2620. The SMILES string of the molecule is Cc1cccc(-n2nc(-c3ccccc3)c(C=Nc3ccccc3O)c2O)c1.Cc1cccc(-n2nc(C3=CC=CCC3)c(C=Nc3ccccc3O)c2O)c1.[Co]. The number of nitrogens with zero attached hydrogens (tertiary/aromatic N) is 6. The molecule has 5 aromatic carbocycles. The first-order valence-electron chi connectivity index (χ1n) is 18.1. The second-order valence-electron chi connectivity index (χ2n) is 13.2. The minimum Gasteiger partial charge on any atom is -0.506 e. The molecule has 2 aromatic heterocycles. The number of phenols is 2. The molecule has 4 N–H and O–H groups in total. The molecule has 0 fully saturated rings. The van der Waals surface area contributed by atoms with Crippen LogP contribution in [0.2, 0.25) is 0 Å². The average Bonchev–Trinajstić information content (AvgIpc) is 3.73. The molecular formula is C46H40CoN6O4. The van der Waals surface area contributed by atoms with Crippen LogP contribution in [-0.4, -0.2) is 52.4 Å². The van der Waals surface area contributed by atoms with E-state index >= 15 is 0 Å². The van der Waals surface area contributed by atoms with Gasteiger partial charge in [-0.15, -0.1) is 0 Å². The molecule has 0 spiro atoms. The molecule has 8 rings (SSSR count). The number of aromatic nitrogens is 4. The van der Waals surface area contributed by atoms with Gasteiger partial charge in [-0.05, 0) is 91.9 Å². The van der Waals surface area contributed by atoms with Gasteiger partial charge in [-0.2, -0.15) is 10.2 Å². The van der Waals surface area contributed by atoms with Crippen molar-refractivity contribution in [3.05, 3.63) is 174 Å². The molecule has 11 heteroatoms. The molecule has 0 unspecified atom stereocenters. The number of aromatic hydroxyl groups is 4. The maximum Gasteiger partial charge on any atom is 0.223 e. The van der Waals surface area contributed by atoms with Gasteiger partial charge in [-0.1, -0.05) is 97.1 Å². The van der Waals surface area contributed by atoms with Crippen LogP contribution in [0.25, 0.3) is 28.2 Å². The second kappa shape index (κ2) is 18.1. The van der Waals surface area contributed by atoms with Crippen molar-refractivity contribution in [3.8, 4) is 45.9 Å². The summed E-state index contributed by atoms with van der Waals surface area (Å²) in [6.45, 7) is 3.99. The van der Waals surface area contributed by atoms with Crippen LogP contribution < -0.4 is 0 Å². The fraction of sp³-hybridized carbons (Fsp3) is 0.0870. The van der Waals surface area contributed by atoms with Gasteiger partial charge in [0.2, 0.25) is 11.8 Å². The molecule has 57 heavy (non-hydrogen) atoms. The fourth-order valence-electron chi connectivity index (χ4n) is 6.22. The van der Waals surface area contributed by atoms with Crippen molar-refractivity contribution in [2.45, 2.75) is 26.7 Å². The Morgan fingerprint density at radius 2 is 1.07 bits per heavy atom. The molecule has 0 amide bonds. The Morgan fingerprint density at radius 1 is 0.579 bits per heavy atom. The fourth-order valence-corrected chi connectivity index (χ4v) is 6.22. The van der Waals surface area contributed by atoms with Crippen molar-refractivity contribution in [3.63, 3.8) is 0 Å². The molecule has 0 atom stereocenters. The molecule has 1 radical (unpaired) electrons. The van der Waals surface area contributed by atoms with Crippen molar-refractivity contribution >= 4 is 29.4 Å². The summed E-state index contributed by atoms with van der Waals surface area (Å²) in [5.74, 6) is 0.176. The largest absolute Gasteiger partial charge is 0.506 e. The number of benzene rings is 5. The van der Waals surface area contributed by atoms with Crippen LogP contribution in [0, 0.1) is 13.8 Å². The zero-order chi connectivity index (χ0) is 39.0. The van der Waals surface area contributed by atoms with Gasteiger partial charge < -0.3 is 20.4 Å². The van der Waals surface area contributed by atoms with Crippen LogP contribution in [0.15, 0.2) is 156 Å². The number of rotatable bonds is 8. The minimum atomic E-state index is -0.0105. The zero-order valence-corrected chi connectivity index (χ0v) is 32.3. The summed E-state index contributed by atoms with van der Waals surface area (Å²) in [5, 5.41) is 51.1. The number of para-hydroxylation sites is 4. The summed E-state index contributed by atoms with van der Waals surface area (Å²) in [6, 6.07) is 38.8. The standard InChI is InChI=1S/C23H21N3O2.C23H19N3O2.Co/c2*1-16-8-7-11-18(14-16)26-23(28)19(15-24-20-12-5-6-13-21(20)27)22(25-26)17-9-3-2-4-10-17;/h2-3,5-9,11-15,27-28H,4,10H2,1H3;2-15,27-28H,1H3;. The number of allylic oxidation sites excluding steroid dienone is 4. The average molecular weight is 800 g/mol. The van der Waals surface area contributed by atoms with Crippen LogP contribution >= 0.6 is 0 Å². The van der Waals surface area contributed by atoms with E-state index in [1.807, 2.05) is 105 Å². The molecule has 2 heterocycles. The summed E-state index contributed by atoms with van der Waals surface area (Å²) >= 11 is 0. The topological polar surface area (TPSA) is 141 Å². The molecule has 0 aliphatic heterocycles. The van der Waals surface area contributed by atoms with Gasteiger partial charge >= 0.3 is 0 Å². The van der Waals surface area contributed by atoms with Crippen LogP contribution in [0.5, 0.6) is 23.3 Å². The van der Waals surface area contributed by atoms with Gasteiger partial charge in [0.1, 0.15) is 34.3 Å². The Labute approximate surface area is 341 Å². The van der Waals surface area contributed by atoms with Gasteiger partial charge in [0.25, 0.3) is 0 Å². The van der Waals surface area contributed by atoms with E-state index in [1.54, 1.807) is 54.7 Å². The Morgan fingerprint density at radius 3 is 1.56 bits per heavy atom. The van der Waals surface area contributed by atoms with Crippen molar-refractivity contribution < 1.29 is 37.2 Å². The third-order valence-electron chi connectivity index (χ3n) is 9.08. The maximum absolute atomic E-state index is 10.9. The van der Waals surface area contributed by atoms with Crippen LogP contribution in [-0.2, 0) is 16.8 Å². The Balaban J connectivity index is 0.000000189. The Kier molecular flexibility index (Phi) is 12.6. The summed E-state index contributed by atoms with van der Waals surface area (Å²) in [6.07, 6.45) is 11.0. The summed E-state index contributed by atoms with van der Waals surface area (Å²) in [4.78, 5) is 8.74. The van der Waals surface area contributed by atoms with Gasteiger partial charge in [0.15, 0.2) is 0 Å². The smallest absolute Gasteiger partial charge is 0.223 e. The maximum atomic E-state index is 10.9. The first kappa shape index (κ1) is 39.7. The molecule has 0 saturated carbocycles. The second-order valence-corrected chi connectivity index (χ2v) is 13.2. The van der Waals surface area contributed by atoms with E-state index < -0.39 is 0 Å². The van der Waals surface area contributed by atoms with Gasteiger partial charge in [0, 0.05) is 34.8 Å². The molecule has 7 aromatic rings. The van der Waals surface area contributed by atoms with E-state index in [4.69, 9.17) is 5.10 Å². The van der Waals surface area contributed by atoms with Crippen LogP contribution in [0.1, 0.15) is 40.8 Å². The molecule has 0 bridgehead atoms. The van der Waals surface area contributed by atoms with E-state index in [9.17, 15) is 20.4 Å².